The van der Waals surface area contributed by atoms with Crippen molar-refractivity contribution in [1.29, 1.82) is 0 Å². The summed E-state index contributed by atoms with van der Waals surface area (Å²) in [6.45, 7) is 2.95. The van der Waals surface area contributed by atoms with Crippen LogP contribution in [0.4, 0.5) is 11.5 Å². The molecule has 1 unspecified atom stereocenters. The second kappa shape index (κ2) is 10.2. The molecule has 8 nitrogen and oxygen atoms in total. The van der Waals surface area contributed by atoms with Crippen molar-refractivity contribution in [2.75, 3.05) is 57.5 Å². The number of hydrogen-bond donors (Lipinski definition) is 2. The van der Waals surface area contributed by atoms with E-state index >= 15 is 0 Å². The summed E-state index contributed by atoms with van der Waals surface area (Å²) >= 11 is 0. The van der Waals surface area contributed by atoms with E-state index in [4.69, 9.17) is 0 Å². The smallest absolute Gasteiger partial charge is 0.271 e. The molecule has 2 N–H and O–H groups in total. The molecule has 3 heterocycles. The predicted octanol–water partition coefficient (Wildman–Crippen LogP) is 2.41. The first-order valence-corrected chi connectivity index (χ1v) is 11.7. The summed E-state index contributed by atoms with van der Waals surface area (Å²) in [6.07, 6.45) is 10.4. The molecule has 2 aromatic rings. The molecule has 1 aliphatic carbocycles. The quantitative estimate of drug-likeness (QED) is 0.571. The van der Waals surface area contributed by atoms with Gasteiger partial charge in [-0.2, -0.15) is 0 Å². The van der Waals surface area contributed by atoms with E-state index in [1.165, 1.54) is 12.8 Å². The maximum atomic E-state index is 12.9. The summed E-state index contributed by atoms with van der Waals surface area (Å²) in [7, 11) is 5.80. The summed E-state index contributed by atoms with van der Waals surface area (Å²) in [5, 5.41) is 3.06. The lowest BCUT2D eigenvalue weighted by molar-refractivity contribution is -0.125. The van der Waals surface area contributed by atoms with E-state index in [0.29, 0.717) is 24.7 Å². The highest BCUT2D eigenvalue weighted by atomic mass is 16.2. The van der Waals surface area contributed by atoms with Crippen molar-refractivity contribution in [1.82, 2.24) is 19.8 Å². The number of anilines is 2. The third-order valence-electron chi connectivity index (χ3n) is 6.34. The van der Waals surface area contributed by atoms with E-state index in [1.54, 1.807) is 18.5 Å². The number of pyridine rings is 2. The molecule has 1 saturated carbocycles. The number of likely N-dealkylation sites (N-methyl/N-ethyl adjacent to an activating group) is 1. The molecule has 4 rings (SSSR count). The zero-order valence-electron chi connectivity index (χ0n) is 19.8. The van der Waals surface area contributed by atoms with Crippen LogP contribution >= 0.6 is 0 Å². The standard InChI is InChI=1S/C25H34N6O2/c1-26-23-14-19(8-10-27-23)20-13-22(25(33)28-15-20)31(16-18-6-7-18)21-9-12-30(17-21)24(32)5-4-11-29(2)3/h4-5,8,10,13-15,18,21H,6-7,9,11-12,16-17H2,1-3H3,(H,26,27)(H,28,33). The van der Waals surface area contributed by atoms with Gasteiger partial charge in [0.05, 0.1) is 0 Å². The molecular formula is C25H34N6O2. The second-order valence-electron chi connectivity index (χ2n) is 9.27. The van der Waals surface area contributed by atoms with Crippen LogP contribution in [0.5, 0.6) is 0 Å². The van der Waals surface area contributed by atoms with Crippen molar-refractivity contribution in [3.8, 4) is 11.1 Å². The average molecular weight is 451 g/mol. The Kier molecular flexibility index (Phi) is 7.13. The highest BCUT2D eigenvalue weighted by molar-refractivity contribution is 5.88. The van der Waals surface area contributed by atoms with E-state index in [9.17, 15) is 9.59 Å². The highest BCUT2D eigenvalue weighted by Gasteiger charge is 2.34. The monoisotopic (exact) mass is 450 g/mol. The van der Waals surface area contributed by atoms with Gasteiger partial charge in [0.1, 0.15) is 11.5 Å². The van der Waals surface area contributed by atoms with Crippen molar-refractivity contribution in [3.05, 3.63) is 53.1 Å². The van der Waals surface area contributed by atoms with Crippen LogP contribution in [0.25, 0.3) is 11.1 Å². The molecule has 8 heteroatoms. The molecule has 2 aliphatic rings. The van der Waals surface area contributed by atoms with E-state index < -0.39 is 0 Å². The number of nitrogens with one attached hydrogen (secondary N) is 2. The highest BCUT2D eigenvalue weighted by Crippen LogP contribution is 2.34. The number of carbonyl (C=O) groups is 1. The Hall–Kier alpha value is -3.13. The maximum Gasteiger partial charge on any atom is 0.271 e. The van der Waals surface area contributed by atoms with Crippen LogP contribution in [0.15, 0.2) is 47.5 Å². The van der Waals surface area contributed by atoms with Crippen molar-refractivity contribution >= 4 is 17.4 Å². The second-order valence-corrected chi connectivity index (χ2v) is 9.27. The van der Waals surface area contributed by atoms with Gasteiger partial charge in [0.25, 0.3) is 5.56 Å². The number of aromatic amines is 1. The first-order chi connectivity index (χ1) is 15.9. The van der Waals surface area contributed by atoms with Gasteiger partial charge >= 0.3 is 0 Å². The lowest BCUT2D eigenvalue weighted by atomic mass is 10.1. The van der Waals surface area contributed by atoms with Gasteiger partial charge in [0.2, 0.25) is 5.91 Å². The van der Waals surface area contributed by atoms with Gasteiger partial charge < -0.3 is 25.0 Å². The molecular weight excluding hydrogens is 416 g/mol. The fourth-order valence-corrected chi connectivity index (χ4v) is 4.29. The lowest BCUT2D eigenvalue weighted by Crippen LogP contribution is -2.42. The fraction of sp³-hybridized carbons (Fsp3) is 0.480. The van der Waals surface area contributed by atoms with Gasteiger partial charge in [-0.25, -0.2) is 4.98 Å². The topological polar surface area (TPSA) is 84.6 Å². The van der Waals surface area contributed by atoms with Crippen LogP contribution in [0, 0.1) is 5.92 Å². The number of H-pyrrole nitrogens is 1. The largest absolute Gasteiger partial charge is 0.373 e. The number of amides is 1. The Morgan fingerprint density at radius 2 is 2.09 bits per heavy atom. The fourth-order valence-electron chi connectivity index (χ4n) is 4.29. The molecule has 2 fully saturated rings. The van der Waals surface area contributed by atoms with E-state index in [0.717, 1.165) is 36.5 Å². The Morgan fingerprint density at radius 1 is 1.27 bits per heavy atom. The molecule has 1 atom stereocenters. The van der Waals surface area contributed by atoms with Crippen molar-refractivity contribution in [3.63, 3.8) is 0 Å². The zero-order chi connectivity index (χ0) is 23.4. The summed E-state index contributed by atoms with van der Waals surface area (Å²) in [5.74, 6) is 1.45. The minimum Gasteiger partial charge on any atom is -0.373 e. The molecule has 33 heavy (non-hydrogen) atoms. The Morgan fingerprint density at radius 3 is 2.82 bits per heavy atom. The summed E-state index contributed by atoms with van der Waals surface area (Å²) < 4.78 is 0. The van der Waals surface area contributed by atoms with Gasteiger partial charge in [-0.3, -0.25) is 9.59 Å². The Bertz CT molecular complexity index is 1060. The van der Waals surface area contributed by atoms with Crippen LogP contribution in [0.3, 0.4) is 0 Å². The predicted molar refractivity (Wildman–Crippen MR) is 133 cm³/mol. The molecule has 0 aromatic carbocycles. The first-order valence-electron chi connectivity index (χ1n) is 11.7. The van der Waals surface area contributed by atoms with Crippen molar-refractivity contribution in [2.24, 2.45) is 5.92 Å². The van der Waals surface area contributed by atoms with Crippen molar-refractivity contribution < 1.29 is 4.79 Å². The lowest BCUT2D eigenvalue weighted by Gasteiger charge is -2.31. The Labute approximate surface area is 195 Å². The van der Waals surface area contributed by atoms with Crippen molar-refractivity contribution in [2.45, 2.75) is 25.3 Å². The van der Waals surface area contributed by atoms with Gasteiger partial charge in [0, 0.05) is 63.3 Å². The summed E-state index contributed by atoms with van der Waals surface area (Å²) in [5.41, 5.74) is 2.54. The van der Waals surface area contributed by atoms with Gasteiger partial charge in [0.15, 0.2) is 0 Å². The number of hydrogen-bond acceptors (Lipinski definition) is 6. The molecule has 0 radical (unpaired) electrons. The molecule has 1 saturated heterocycles. The zero-order valence-corrected chi connectivity index (χ0v) is 19.8. The number of likely N-dealkylation sites (tertiary alicyclic amines) is 1. The van der Waals surface area contributed by atoms with Crippen LogP contribution in [-0.2, 0) is 4.79 Å². The number of carbonyl (C=O) groups excluding carboxylic acids is 1. The van der Waals surface area contributed by atoms with Crippen LogP contribution in [0.1, 0.15) is 19.3 Å². The van der Waals surface area contributed by atoms with Gasteiger partial charge in [-0.05, 0) is 63.0 Å². The van der Waals surface area contributed by atoms with Crippen LogP contribution in [-0.4, -0.2) is 79.0 Å². The minimum absolute atomic E-state index is 0.0461. The molecule has 176 valence electrons. The maximum absolute atomic E-state index is 12.9. The van der Waals surface area contributed by atoms with Gasteiger partial charge in [-0.15, -0.1) is 0 Å². The van der Waals surface area contributed by atoms with Crippen LogP contribution in [0.2, 0.25) is 0 Å². The normalized spacial score (nSPS) is 18.3. The van der Waals surface area contributed by atoms with Gasteiger partial charge in [-0.1, -0.05) is 6.08 Å². The van der Waals surface area contributed by atoms with E-state index in [2.05, 4.69) is 20.2 Å². The third kappa shape index (κ3) is 5.82. The third-order valence-corrected chi connectivity index (χ3v) is 6.34. The van der Waals surface area contributed by atoms with E-state index in [-0.39, 0.29) is 17.5 Å². The SMILES string of the molecule is CNc1cc(-c2c[nH]c(=O)c(N(CC3CC3)C3CCN(C(=O)C=CCN(C)C)C3)c2)ccn1. The number of aromatic nitrogens is 2. The minimum atomic E-state index is -0.0852. The average Bonchev–Trinajstić information content (AvgIpc) is 3.50. The molecule has 0 bridgehead atoms. The number of rotatable bonds is 9. The first kappa shape index (κ1) is 23.0. The van der Waals surface area contributed by atoms with Crippen LogP contribution < -0.4 is 15.8 Å². The molecule has 2 aromatic heterocycles. The molecule has 0 spiro atoms. The summed E-state index contributed by atoms with van der Waals surface area (Å²) in [6, 6.07) is 6.04. The molecule has 1 amide bonds. The molecule has 1 aliphatic heterocycles. The Balaban J connectivity index is 1.56. The summed E-state index contributed by atoms with van der Waals surface area (Å²) in [4.78, 5) is 39.0. The number of nitrogens with zero attached hydrogens (tertiary/aromatic N) is 4. The van der Waals surface area contributed by atoms with E-state index in [1.807, 2.05) is 55.2 Å².